The third-order valence-electron chi connectivity index (χ3n) is 2.46. The van der Waals surface area contributed by atoms with Crippen LogP contribution in [0.5, 0.6) is 17.2 Å². The highest BCUT2D eigenvalue weighted by Crippen LogP contribution is 2.31. The second kappa shape index (κ2) is 5.28. The van der Waals surface area contributed by atoms with Gasteiger partial charge in [0.2, 0.25) is 0 Å². The minimum atomic E-state index is -4.47. The molecule has 106 valence electrons. The van der Waals surface area contributed by atoms with Crippen molar-refractivity contribution in [3.05, 3.63) is 42.2 Å². The van der Waals surface area contributed by atoms with Crippen molar-refractivity contribution in [1.82, 2.24) is 4.98 Å². The molecule has 0 bridgehead atoms. The van der Waals surface area contributed by atoms with Gasteiger partial charge in [0.25, 0.3) is 0 Å². The van der Waals surface area contributed by atoms with E-state index >= 15 is 0 Å². The van der Waals surface area contributed by atoms with E-state index in [1.54, 1.807) is 12.1 Å². The first kappa shape index (κ1) is 14.0. The number of methoxy groups -OCH3 is 1. The van der Waals surface area contributed by atoms with E-state index in [4.69, 9.17) is 15.2 Å². The molecule has 0 saturated heterocycles. The average molecular weight is 284 g/mol. The Morgan fingerprint density at radius 3 is 2.30 bits per heavy atom. The van der Waals surface area contributed by atoms with Gasteiger partial charge in [0.15, 0.2) is 0 Å². The molecule has 0 aliphatic heterocycles. The maximum Gasteiger partial charge on any atom is 0.433 e. The maximum atomic E-state index is 12.3. The van der Waals surface area contributed by atoms with Crippen molar-refractivity contribution < 1.29 is 22.6 Å². The highest BCUT2D eigenvalue weighted by molar-refractivity contribution is 5.56. The minimum absolute atomic E-state index is 0.183. The molecular weight excluding hydrogens is 273 g/mol. The van der Waals surface area contributed by atoms with Crippen LogP contribution in [0, 0.1) is 0 Å². The smallest absolute Gasteiger partial charge is 0.433 e. The molecule has 0 aliphatic rings. The Kier molecular flexibility index (Phi) is 3.69. The van der Waals surface area contributed by atoms with Crippen molar-refractivity contribution >= 4 is 5.69 Å². The van der Waals surface area contributed by atoms with Crippen LogP contribution in [0.3, 0.4) is 0 Å². The van der Waals surface area contributed by atoms with Gasteiger partial charge in [-0.25, -0.2) is 4.98 Å². The van der Waals surface area contributed by atoms with E-state index in [0.29, 0.717) is 17.2 Å². The van der Waals surface area contributed by atoms with E-state index in [1.165, 1.54) is 19.2 Å². The third kappa shape index (κ3) is 3.11. The summed E-state index contributed by atoms with van der Waals surface area (Å²) in [6.07, 6.45) is -3.47. The number of hydrogen-bond acceptors (Lipinski definition) is 4. The molecule has 1 heterocycles. The van der Waals surface area contributed by atoms with E-state index in [-0.39, 0.29) is 5.75 Å². The summed E-state index contributed by atoms with van der Waals surface area (Å²) in [7, 11) is 1.48. The highest BCUT2D eigenvalue weighted by atomic mass is 19.4. The first-order valence-corrected chi connectivity index (χ1v) is 5.55. The van der Waals surface area contributed by atoms with Crippen molar-refractivity contribution in [3.8, 4) is 17.2 Å². The average Bonchev–Trinajstić information content (AvgIpc) is 2.38. The van der Waals surface area contributed by atoms with Crippen LogP contribution in [-0.4, -0.2) is 12.1 Å². The Bertz CT molecular complexity index is 598. The normalized spacial score (nSPS) is 11.2. The molecule has 0 spiro atoms. The summed E-state index contributed by atoms with van der Waals surface area (Å²) in [5.41, 5.74) is 5.09. The van der Waals surface area contributed by atoms with Gasteiger partial charge in [-0.2, -0.15) is 13.2 Å². The number of halogens is 3. The Hall–Kier alpha value is -2.44. The molecule has 7 heteroatoms. The van der Waals surface area contributed by atoms with Gasteiger partial charge in [0.05, 0.1) is 19.0 Å². The first-order valence-electron chi connectivity index (χ1n) is 5.55. The lowest BCUT2D eigenvalue weighted by Crippen LogP contribution is -2.07. The largest absolute Gasteiger partial charge is 0.495 e. The molecule has 0 radical (unpaired) electrons. The molecule has 1 aromatic heterocycles. The molecule has 2 rings (SSSR count). The molecule has 4 nitrogen and oxygen atoms in total. The van der Waals surface area contributed by atoms with Crippen LogP contribution < -0.4 is 15.2 Å². The molecule has 0 amide bonds. The number of hydrogen-bond donors (Lipinski definition) is 1. The number of pyridine rings is 1. The number of anilines is 1. The van der Waals surface area contributed by atoms with Crippen molar-refractivity contribution in [2.45, 2.75) is 6.18 Å². The lowest BCUT2D eigenvalue weighted by molar-refractivity contribution is -0.141. The van der Waals surface area contributed by atoms with Crippen molar-refractivity contribution in [2.75, 3.05) is 12.8 Å². The van der Waals surface area contributed by atoms with E-state index in [0.717, 1.165) is 12.3 Å². The van der Waals surface area contributed by atoms with Gasteiger partial charge in [-0.1, -0.05) is 0 Å². The lowest BCUT2D eigenvalue weighted by Gasteiger charge is -2.10. The topological polar surface area (TPSA) is 57.4 Å². The predicted octanol–water partition coefficient (Wildman–Crippen LogP) is 3.48. The van der Waals surface area contributed by atoms with Crippen molar-refractivity contribution in [2.24, 2.45) is 0 Å². The maximum absolute atomic E-state index is 12.3. The van der Waals surface area contributed by atoms with Crippen LogP contribution in [-0.2, 0) is 6.18 Å². The zero-order chi connectivity index (χ0) is 14.8. The van der Waals surface area contributed by atoms with Crippen molar-refractivity contribution in [3.63, 3.8) is 0 Å². The Labute approximate surface area is 113 Å². The molecule has 0 fully saturated rings. The van der Waals surface area contributed by atoms with E-state index < -0.39 is 11.9 Å². The van der Waals surface area contributed by atoms with Gasteiger partial charge in [0, 0.05) is 6.07 Å². The minimum Gasteiger partial charge on any atom is -0.495 e. The zero-order valence-electron chi connectivity index (χ0n) is 10.4. The molecule has 0 saturated carbocycles. The van der Waals surface area contributed by atoms with Gasteiger partial charge in [0.1, 0.15) is 22.9 Å². The summed E-state index contributed by atoms with van der Waals surface area (Å²) in [5.74, 6) is 1.05. The third-order valence-corrected chi connectivity index (χ3v) is 2.46. The number of alkyl halides is 3. The van der Waals surface area contributed by atoms with Gasteiger partial charge in [-0.15, -0.1) is 0 Å². The summed E-state index contributed by atoms with van der Waals surface area (Å²) in [6, 6.07) is 6.74. The van der Waals surface area contributed by atoms with E-state index in [1.807, 2.05) is 0 Å². The summed E-state index contributed by atoms with van der Waals surface area (Å²) < 4.78 is 47.4. The fourth-order valence-corrected chi connectivity index (χ4v) is 1.52. The summed E-state index contributed by atoms with van der Waals surface area (Å²) >= 11 is 0. The fourth-order valence-electron chi connectivity index (χ4n) is 1.52. The summed E-state index contributed by atoms with van der Waals surface area (Å²) in [4.78, 5) is 3.30. The molecule has 2 aromatic rings. The molecule has 0 unspecified atom stereocenters. The molecule has 1 aromatic carbocycles. The predicted molar refractivity (Wildman–Crippen MR) is 66.7 cm³/mol. The van der Waals surface area contributed by atoms with Gasteiger partial charge in [-0.3, -0.25) is 0 Å². The molecule has 0 atom stereocenters. The quantitative estimate of drug-likeness (QED) is 0.877. The highest BCUT2D eigenvalue weighted by Gasteiger charge is 2.32. The lowest BCUT2D eigenvalue weighted by atomic mass is 10.3. The van der Waals surface area contributed by atoms with Crippen LogP contribution >= 0.6 is 0 Å². The Morgan fingerprint density at radius 1 is 1.10 bits per heavy atom. The van der Waals surface area contributed by atoms with E-state index in [9.17, 15) is 13.2 Å². The zero-order valence-corrected chi connectivity index (χ0v) is 10.4. The SMILES string of the molecule is COc1ccc(Oc2ccc(C(F)(F)F)nc2)cc1N. The Morgan fingerprint density at radius 2 is 1.80 bits per heavy atom. The second-order valence-corrected chi connectivity index (χ2v) is 3.88. The summed E-state index contributed by atoms with van der Waals surface area (Å²) in [6.45, 7) is 0. The Balaban J connectivity index is 2.16. The molecular formula is C13H11F3N2O2. The number of nitrogen functional groups attached to an aromatic ring is 1. The van der Waals surface area contributed by atoms with Gasteiger partial charge in [-0.05, 0) is 24.3 Å². The van der Waals surface area contributed by atoms with Gasteiger partial charge >= 0.3 is 6.18 Å². The van der Waals surface area contributed by atoms with Gasteiger partial charge < -0.3 is 15.2 Å². The van der Waals surface area contributed by atoms with Crippen LogP contribution in [0.2, 0.25) is 0 Å². The molecule has 0 aliphatic carbocycles. The number of rotatable bonds is 3. The van der Waals surface area contributed by atoms with Crippen LogP contribution in [0.15, 0.2) is 36.5 Å². The van der Waals surface area contributed by atoms with Crippen LogP contribution in [0.4, 0.5) is 18.9 Å². The number of nitrogens with two attached hydrogens (primary N) is 1. The monoisotopic (exact) mass is 284 g/mol. The standard InChI is InChI=1S/C13H11F3N2O2/c1-19-11-4-2-8(6-10(11)17)20-9-3-5-12(18-7-9)13(14,15)16/h2-7H,17H2,1H3. The first-order chi connectivity index (χ1) is 9.40. The van der Waals surface area contributed by atoms with E-state index in [2.05, 4.69) is 4.98 Å². The number of nitrogens with zero attached hydrogens (tertiary/aromatic N) is 1. The summed E-state index contributed by atoms with van der Waals surface area (Å²) in [5, 5.41) is 0. The number of benzene rings is 1. The van der Waals surface area contributed by atoms with Crippen molar-refractivity contribution in [1.29, 1.82) is 0 Å². The number of aromatic nitrogens is 1. The molecule has 2 N–H and O–H groups in total. The fraction of sp³-hybridized carbons (Fsp3) is 0.154. The number of ether oxygens (including phenoxy) is 2. The second-order valence-electron chi connectivity index (χ2n) is 3.88. The van der Waals surface area contributed by atoms with Crippen LogP contribution in [0.25, 0.3) is 0 Å². The van der Waals surface area contributed by atoms with Crippen LogP contribution in [0.1, 0.15) is 5.69 Å². The molecule has 20 heavy (non-hydrogen) atoms.